The van der Waals surface area contributed by atoms with E-state index in [0.717, 1.165) is 5.56 Å². The Kier molecular flexibility index (Phi) is 3.37. The molecule has 4 nitrogen and oxygen atoms in total. The van der Waals surface area contributed by atoms with Gasteiger partial charge in [0, 0.05) is 13.6 Å². The van der Waals surface area contributed by atoms with Crippen molar-refractivity contribution >= 4 is 5.91 Å². The average molecular weight is 245 g/mol. The minimum atomic E-state index is -0.0747. The summed E-state index contributed by atoms with van der Waals surface area (Å²) in [6.07, 6.45) is 1.51. The SMILES string of the molecule is Cc1occc1C(=O)N(C)Cc1ccc(O)cc1. The van der Waals surface area contributed by atoms with Gasteiger partial charge in [0.15, 0.2) is 0 Å². The molecule has 0 aliphatic heterocycles. The van der Waals surface area contributed by atoms with Gasteiger partial charge in [-0.2, -0.15) is 0 Å². The number of hydrogen-bond acceptors (Lipinski definition) is 3. The number of phenols is 1. The van der Waals surface area contributed by atoms with Crippen molar-refractivity contribution < 1.29 is 14.3 Å². The molecule has 0 aliphatic carbocycles. The fourth-order valence-corrected chi connectivity index (χ4v) is 1.76. The number of benzene rings is 1. The van der Waals surface area contributed by atoms with Crippen molar-refractivity contribution in [3.63, 3.8) is 0 Å². The van der Waals surface area contributed by atoms with Gasteiger partial charge in [-0.15, -0.1) is 0 Å². The Morgan fingerprint density at radius 2 is 1.94 bits per heavy atom. The molecular weight excluding hydrogens is 230 g/mol. The van der Waals surface area contributed by atoms with Crippen molar-refractivity contribution in [3.05, 3.63) is 53.5 Å². The highest BCUT2D eigenvalue weighted by Gasteiger charge is 2.16. The molecular formula is C14H15NO3. The van der Waals surface area contributed by atoms with Gasteiger partial charge in [-0.25, -0.2) is 0 Å². The van der Waals surface area contributed by atoms with Crippen LogP contribution in [0.5, 0.6) is 5.75 Å². The summed E-state index contributed by atoms with van der Waals surface area (Å²) in [4.78, 5) is 13.7. The van der Waals surface area contributed by atoms with E-state index in [1.54, 1.807) is 49.2 Å². The van der Waals surface area contributed by atoms with Crippen LogP contribution in [0.15, 0.2) is 41.0 Å². The van der Waals surface area contributed by atoms with Gasteiger partial charge in [-0.1, -0.05) is 12.1 Å². The van der Waals surface area contributed by atoms with E-state index >= 15 is 0 Å². The van der Waals surface area contributed by atoms with Crippen LogP contribution in [0, 0.1) is 6.92 Å². The number of aromatic hydroxyl groups is 1. The summed E-state index contributed by atoms with van der Waals surface area (Å²) >= 11 is 0. The second kappa shape index (κ2) is 4.96. The molecule has 0 atom stereocenters. The lowest BCUT2D eigenvalue weighted by Crippen LogP contribution is -2.26. The highest BCUT2D eigenvalue weighted by Crippen LogP contribution is 2.15. The van der Waals surface area contributed by atoms with E-state index in [0.29, 0.717) is 17.9 Å². The van der Waals surface area contributed by atoms with Gasteiger partial charge in [0.25, 0.3) is 5.91 Å². The predicted octanol–water partition coefficient (Wildman–Crippen LogP) is 2.57. The van der Waals surface area contributed by atoms with Crippen molar-refractivity contribution in [3.8, 4) is 5.75 Å². The van der Waals surface area contributed by atoms with E-state index in [1.807, 2.05) is 0 Å². The summed E-state index contributed by atoms with van der Waals surface area (Å²) in [7, 11) is 1.74. The smallest absolute Gasteiger partial charge is 0.257 e. The number of carbonyl (C=O) groups excluding carboxylic acids is 1. The van der Waals surface area contributed by atoms with Gasteiger partial charge in [0.2, 0.25) is 0 Å². The van der Waals surface area contributed by atoms with Crippen LogP contribution in [0.1, 0.15) is 21.7 Å². The van der Waals surface area contributed by atoms with Crippen molar-refractivity contribution in [1.82, 2.24) is 4.90 Å². The minimum absolute atomic E-state index is 0.0747. The quantitative estimate of drug-likeness (QED) is 0.904. The van der Waals surface area contributed by atoms with E-state index < -0.39 is 0 Å². The maximum Gasteiger partial charge on any atom is 0.257 e. The molecule has 0 fully saturated rings. The van der Waals surface area contributed by atoms with E-state index in [2.05, 4.69) is 0 Å². The second-order valence-corrected chi connectivity index (χ2v) is 4.22. The third-order valence-electron chi connectivity index (χ3n) is 2.79. The predicted molar refractivity (Wildman–Crippen MR) is 67.3 cm³/mol. The molecule has 0 saturated heterocycles. The number of aryl methyl sites for hydroxylation is 1. The first kappa shape index (κ1) is 12.2. The molecule has 1 heterocycles. The topological polar surface area (TPSA) is 53.7 Å². The minimum Gasteiger partial charge on any atom is -0.508 e. The van der Waals surface area contributed by atoms with Crippen molar-refractivity contribution in [2.45, 2.75) is 13.5 Å². The zero-order valence-corrected chi connectivity index (χ0v) is 10.4. The first-order valence-corrected chi connectivity index (χ1v) is 5.65. The van der Waals surface area contributed by atoms with Gasteiger partial charge in [0.1, 0.15) is 11.5 Å². The molecule has 2 rings (SSSR count). The Hall–Kier alpha value is -2.23. The molecule has 0 saturated carbocycles. The summed E-state index contributed by atoms with van der Waals surface area (Å²) in [5.41, 5.74) is 1.54. The maximum atomic E-state index is 12.1. The maximum absolute atomic E-state index is 12.1. The van der Waals surface area contributed by atoms with Gasteiger partial charge in [0.05, 0.1) is 11.8 Å². The Bertz CT molecular complexity index is 542. The summed E-state index contributed by atoms with van der Waals surface area (Å²) < 4.78 is 5.12. The van der Waals surface area contributed by atoms with Gasteiger partial charge >= 0.3 is 0 Å². The van der Waals surface area contributed by atoms with E-state index in [-0.39, 0.29) is 11.7 Å². The number of rotatable bonds is 3. The average Bonchev–Trinajstić information content (AvgIpc) is 2.77. The van der Waals surface area contributed by atoms with Gasteiger partial charge in [-0.05, 0) is 30.7 Å². The molecule has 0 aliphatic rings. The molecule has 0 radical (unpaired) electrons. The Balaban J connectivity index is 2.08. The van der Waals surface area contributed by atoms with Crippen LogP contribution in [0.2, 0.25) is 0 Å². The zero-order chi connectivity index (χ0) is 13.1. The summed E-state index contributed by atoms with van der Waals surface area (Å²) in [6.45, 7) is 2.26. The van der Waals surface area contributed by atoms with Crippen LogP contribution in [0.25, 0.3) is 0 Å². The third-order valence-corrected chi connectivity index (χ3v) is 2.79. The van der Waals surface area contributed by atoms with Crippen LogP contribution in [0.4, 0.5) is 0 Å². The Morgan fingerprint density at radius 1 is 1.28 bits per heavy atom. The Morgan fingerprint density at radius 3 is 2.50 bits per heavy atom. The first-order valence-electron chi connectivity index (χ1n) is 5.65. The zero-order valence-electron chi connectivity index (χ0n) is 10.4. The lowest BCUT2D eigenvalue weighted by Gasteiger charge is -2.16. The standard InChI is InChI=1S/C14H15NO3/c1-10-13(7-8-18-10)14(17)15(2)9-11-3-5-12(16)6-4-11/h3-8,16H,9H2,1-2H3. The molecule has 18 heavy (non-hydrogen) atoms. The fourth-order valence-electron chi connectivity index (χ4n) is 1.76. The summed E-state index contributed by atoms with van der Waals surface area (Å²) in [5.74, 6) is 0.769. The molecule has 1 aromatic heterocycles. The van der Waals surface area contributed by atoms with E-state index in [1.165, 1.54) is 6.26 Å². The number of phenolic OH excluding ortho intramolecular Hbond substituents is 1. The number of furan rings is 1. The van der Waals surface area contributed by atoms with Crippen LogP contribution in [-0.4, -0.2) is 23.0 Å². The molecule has 1 amide bonds. The second-order valence-electron chi connectivity index (χ2n) is 4.22. The van der Waals surface area contributed by atoms with Crippen LogP contribution < -0.4 is 0 Å². The molecule has 1 N–H and O–H groups in total. The Labute approximate surface area is 105 Å². The van der Waals surface area contributed by atoms with Crippen LogP contribution in [-0.2, 0) is 6.54 Å². The van der Waals surface area contributed by atoms with E-state index in [9.17, 15) is 9.90 Å². The third kappa shape index (κ3) is 2.53. The highest BCUT2D eigenvalue weighted by atomic mass is 16.3. The molecule has 0 spiro atoms. The fraction of sp³-hybridized carbons (Fsp3) is 0.214. The molecule has 4 heteroatoms. The number of hydrogen-bond donors (Lipinski definition) is 1. The number of nitrogens with zero attached hydrogens (tertiary/aromatic N) is 1. The van der Waals surface area contributed by atoms with Crippen molar-refractivity contribution in [2.75, 3.05) is 7.05 Å². The lowest BCUT2D eigenvalue weighted by atomic mass is 10.2. The molecule has 94 valence electrons. The van der Waals surface area contributed by atoms with Crippen LogP contribution >= 0.6 is 0 Å². The molecule has 0 unspecified atom stereocenters. The summed E-state index contributed by atoms with van der Waals surface area (Å²) in [6, 6.07) is 8.47. The highest BCUT2D eigenvalue weighted by molar-refractivity contribution is 5.94. The molecule has 2 aromatic rings. The largest absolute Gasteiger partial charge is 0.508 e. The van der Waals surface area contributed by atoms with Gasteiger partial charge < -0.3 is 14.4 Å². The van der Waals surface area contributed by atoms with Crippen molar-refractivity contribution in [1.29, 1.82) is 0 Å². The first-order chi connectivity index (χ1) is 8.58. The monoisotopic (exact) mass is 245 g/mol. The van der Waals surface area contributed by atoms with Crippen molar-refractivity contribution in [2.24, 2.45) is 0 Å². The molecule has 1 aromatic carbocycles. The van der Waals surface area contributed by atoms with E-state index in [4.69, 9.17) is 4.42 Å². The molecule has 0 bridgehead atoms. The van der Waals surface area contributed by atoms with Crippen LogP contribution in [0.3, 0.4) is 0 Å². The van der Waals surface area contributed by atoms with Gasteiger partial charge in [-0.3, -0.25) is 4.79 Å². The number of amides is 1. The number of carbonyl (C=O) groups is 1. The normalized spacial score (nSPS) is 10.3. The summed E-state index contributed by atoms with van der Waals surface area (Å²) in [5, 5.41) is 9.19. The lowest BCUT2D eigenvalue weighted by molar-refractivity contribution is 0.0783.